The molecule has 18 heavy (non-hydrogen) atoms. The molecule has 0 bridgehead atoms. The number of carbonyl (C=O) groups is 1. The van der Waals surface area contributed by atoms with Gasteiger partial charge in [0, 0.05) is 12.1 Å². The number of hydrogen-bond donors (Lipinski definition) is 2. The quantitative estimate of drug-likeness (QED) is 0.701. The summed E-state index contributed by atoms with van der Waals surface area (Å²) in [7, 11) is 0. The van der Waals surface area contributed by atoms with Crippen molar-refractivity contribution in [3.05, 3.63) is 0 Å². The Morgan fingerprint density at radius 3 is 1.67 bits per heavy atom. The van der Waals surface area contributed by atoms with E-state index >= 15 is 0 Å². The summed E-state index contributed by atoms with van der Waals surface area (Å²) in [6, 6.07) is 0.517. The fourth-order valence-electron chi connectivity index (χ4n) is 2.21. The van der Waals surface area contributed by atoms with Crippen LogP contribution >= 0.6 is 0 Å². The van der Waals surface area contributed by atoms with E-state index in [1.807, 2.05) is 20.8 Å². The second kappa shape index (κ2) is 8.52. The van der Waals surface area contributed by atoms with Gasteiger partial charge in [-0.2, -0.15) is 0 Å². The Labute approximate surface area is 113 Å². The molecule has 108 valence electrons. The molecule has 0 spiro atoms. The molecule has 0 fully saturated rings. The van der Waals surface area contributed by atoms with Gasteiger partial charge >= 0.3 is 0 Å². The van der Waals surface area contributed by atoms with Crippen molar-refractivity contribution in [2.75, 3.05) is 0 Å². The summed E-state index contributed by atoms with van der Waals surface area (Å²) in [6.07, 6.45) is 2.24. The van der Waals surface area contributed by atoms with Crippen molar-refractivity contribution in [2.45, 2.75) is 79.4 Å². The van der Waals surface area contributed by atoms with Crippen LogP contribution in [-0.4, -0.2) is 24.0 Å². The van der Waals surface area contributed by atoms with Crippen molar-refractivity contribution >= 4 is 5.91 Å². The minimum atomic E-state index is -0.116. The van der Waals surface area contributed by atoms with Crippen molar-refractivity contribution in [1.82, 2.24) is 10.6 Å². The molecule has 0 aliphatic carbocycles. The second-order valence-electron chi connectivity index (χ2n) is 6.51. The molecule has 3 nitrogen and oxygen atoms in total. The molecule has 0 aromatic carbocycles. The normalized spacial score (nSPS) is 13.7. The Hall–Kier alpha value is -0.570. The molecule has 0 heterocycles. The standard InChI is InChI=1S/C15H32N2O/c1-10(2)8-14(9-11(3)4)17-13(7)15(18)16-12(5)6/h10-14,17H,8-9H2,1-7H3,(H,16,18). The molecular weight excluding hydrogens is 224 g/mol. The molecule has 1 atom stereocenters. The van der Waals surface area contributed by atoms with Gasteiger partial charge in [-0.1, -0.05) is 27.7 Å². The maximum Gasteiger partial charge on any atom is 0.237 e. The highest BCUT2D eigenvalue weighted by molar-refractivity contribution is 5.81. The summed E-state index contributed by atoms with van der Waals surface area (Å²) in [6.45, 7) is 14.9. The van der Waals surface area contributed by atoms with Gasteiger partial charge in [-0.05, 0) is 45.4 Å². The highest BCUT2D eigenvalue weighted by atomic mass is 16.2. The van der Waals surface area contributed by atoms with Gasteiger partial charge in [0.2, 0.25) is 5.91 Å². The van der Waals surface area contributed by atoms with Crippen LogP contribution in [-0.2, 0) is 4.79 Å². The van der Waals surface area contributed by atoms with Crippen LogP contribution in [0.5, 0.6) is 0 Å². The van der Waals surface area contributed by atoms with Crippen molar-refractivity contribution < 1.29 is 4.79 Å². The Bertz CT molecular complexity index is 227. The van der Waals surface area contributed by atoms with Crippen LogP contribution < -0.4 is 10.6 Å². The molecule has 0 aromatic rings. The molecule has 1 unspecified atom stereocenters. The van der Waals surface area contributed by atoms with Gasteiger partial charge in [0.1, 0.15) is 0 Å². The Kier molecular flexibility index (Phi) is 8.25. The summed E-state index contributed by atoms with van der Waals surface area (Å²) >= 11 is 0. The molecule has 0 aliphatic heterocycles. The fourth-order valence-corrected chi connectivity index (χ4v) is 2.21. The van der Waals surface area contributed by atoms with E-state index in [1.165, 1.54) is 0 Å². The minimum Gasteiger partial charge on any atom is -0.353 e. The molecule has 0 saturated heterocycles. The zero-order chi connectivity index (χ0) is 14.3. The molecule has 1 amide bonds. The lowest BCUT2D eigenvalue weighted by Crippen LogP contribution is -2.48. The first-order chi connectivity index (χ1) is 8.22. The average molecular weight is 256 g/mol. The van der Waals surface area contributed by atoms with E-state index in [9.17, 15) is 4.79 Å². The lowest BCUT2D eigenvalue weighted by Gasteiger charge is -2.26. The van der Waals surface area contributed by atoms with E-state index in [0.717, 1.165) is 12.8 Å². The molecule has 0 aliphatic rings. The monoisotopic (exact) mass is 256 g/mol. The Balaban J connectivity index is 4.32. The molecule has 3 heteroatoms. The smallest absolute Gasteiger partial charge is 0.237 e. The van der Waals surface area contributed by atoms with E-state index < -0.39 is 0 Å². The Morgan fingerprint density at radius 1 is 0.889 bits per heavy atom. The first-order valence-electron chi connectivity index (χ1n) is 7.28. The lowest BCUT2D eigenvalue weighted by molar-refractivity contribution is -0.123. The molecule has 0 aromatic heterocycles. The molecule has 2 N–H and O–H groups in total. The van der Waals surface area contributed by atoms with Crippen LogP contribution in [0.2, 0.25) is 0 Å². The topological polar surface area (TPSA) is 41.1 Å². The van der Waals surface area contributed by atoms with Crippen LogP contribution in [0.4, 0.5) is 0 Å². The number of hydrogen-bond acceptors (Lipinski definition) is 2. The largest absolute Gasteiger partial charge is 0.353 e. The number of nitrogens with one attached hydrogen (secondary N) is 2. The van der Waals surface area contributed by atoms with E-state index in [0.29, 0.717) is 17.9 Å². The number of rotatable bonds is 8. The van der Waals surface area contributed by atoms with Crippen LogP contribution in [0.25, 0.3) is 0 Å². The third kappa shape index (κ3) is 8.51. The van der Waals surface area contributed by atoms with E-state index in [-0.39, 0.29) is 18.0 Å². The highest BCUT2D eigenvalue weighted by Crippen LogP contribution is 2.14. The maximum atomic E-state index is 11.9. The van der Waals surface area contributed by atoms with Crippen LogP contribution in [0.1, 0.15) is 61.3 Å². The molecule has 0 rings (SSSR count). The van der Waals surface area contributed by atoms with Crippen molar-refractivity contribution in [3.8, 4) is 0 Å². The lowest BCUT2D eigenvalue weighted by atomic mass is 9.95. The van der Waals surface area contributed by atoms with Crippen LogP contribution in [0, 0.1) is 11.8 Å². The van der Waals surface area contributed by atoms with Gasteiger partial charge in [0.05, 0.1) is 6.04 Å². The van der Waals surface area contributed by atoms with Crippen LogP contribution in [0.3, 0.4) is 0 Å². The first kappa shape index (κ1) is 17.4. The van der Waals surface area contributed by atoms with E-state index in [2.05, 4.69) is 38.3 Å². The highest BCUT2D eigenvalue weighted by Gasteiger charge is 2.19. The van der Waals surface area contributed by atoms with Gasteiger partial charge in [-0.3, -0.25) is 4.79 Å². The predicted molar refractivity (Wildman–Crippen MR) is 78.6 cm³/mol. The van der Waals surface area contributed by atoms with Crippen molar-refractivity contribution in [2.24, 2.45) is 11.8 Å². The van der Waals surface area contributed by atoms with E-state index in [1.54, 1.807) is 0 Å². The molecule has 0 saturated carbocycles. The summed E-state index contributed by atoms with van der Waals surface area (Å²) in [5.74, 6) is 1.41. The SMILES string of the molecule is CC(C)CC(CC(C)C)NC(C)C(=O)NC(C)C. The van der Waals surface area contributed by atoms with Gasteiger partial charge in [-0.15, -0.1) is 0 Å². The molecule has 0 radical (unpaired) electrons. The summed E-state index contributed by atoms with van der Waals surface area (Å²) in [5, 5.41) is 6.43. The minimum absolute atomic E-state index is 0.0995. The third-order valence-electron chi connectivity index (χ3n) is 2.82. The summed E-state index contributed by atoms with van der Waals surface area (Å²) in [5.41, 5.74) is 0. The predicted octanol–water partition coefficient (Wildman–Crippen LogP) is 2.95. The van der Waals surface area contributed by atoms with Gasteiger partial charge in [0.15, 0.2) is 0 Å². The zero-order valence-corrected chi connectivity index (χ0v) is 13.2. The average Bonchev–Trinajstić information content (AvgIpc) is 2.13. The zero-order valence-electron chi connectivity index (χ0n) is 13.2. The van der Waals surface area contributed by atoms with E-state index in [4.69, 9.17) is 0 Å². The van der Waals surface area contributed by atoms with Crippen molar-refractivity contribution in [3.63, 3.8) is 0 Å². The maximum absolute atomic E-state index is 11.9. The van der Waals surface area contributed by atoms with Gasteiger partial charge in [-0.25, -0.2) is 0 Å². The third-order valence-corrected chi connectivity index (χ3v) is 2.82. The number of amides is 1. The van der Waals surface area contributed by atoms with Gasteiger partial charge < -0.3 is 10.6 Å². The fraction of sp³-hybridized carbons (Fsp3) is 0.933. The molecular formula is C15H32N2O. The first-order valence-corrected chi connectivity index (χ1v) is 7.28. The Morgan fingerprint density at radius 2 is 1.33 bits per heavy atom. The second-order valence-corrected chi connectivity index (χ2v) is 6.51. The summed E-state index contributed by atoms with van der Waals surface area (Å²) < 4.78 is 0. The number of carbonyl (C=O) groups excluding carboxylic acids is 1. The van der Waals surface area contributed by atoms with Crippen molar-refractivity contribution in [1.29, 1.82) is 0 Å². The van der Waals surface area contributed by atoms with Crippen LogP contribution in [0.15, 0.2) is 0 Å². The van der Waals surface area contributed by atoms with Gasteiger partial charge in [0.25, 0.3) is 0 Å². The summed E-state index contributed by atoms with van der Waals surface area (Å²) in [4.78, 5) is 11.9.